The predicted octanol–water partition coefficient (Wildman–Crippen LogP) is 5.94. The SMILES string of the molecule is O=C(CC12CCC(c3nnc(C4CC(OC(F)(F)F)C4)o3)(CC1)CC2)[C@@H]1C[C@H](O)c2cc(Cl)ccc2O1. The minimum atomic E-state index is -4.63. The quantitative estimate of drug-likeness (QED) is 0.484. The molecule has 2 heterocycles. The number of alkyl halides is 3. The first-order chi connectivity index (χ1) is 17.5. The zero-order valence-corrected chi connectivity index (χ0v) is 20.9. The summed E-state index contributed by atoms with van der Waals surface area (Å²) in [5, 5.41) is 19.5. The second-order valence-electron chi connectivity index (χ2n) is 11.3. The van der Waals surface area contributed by atoms with Crippen molar-refractivity contribution < 1.29 is 37.0 Å². The Morgan fingerprint density at radius 2 is 1.81 bits per heavy atom. The lowest BCUT2D eigenvalue weighted by Gasteiger charge is -2.52. The van der Waals surface area contributed by atoms with E-state index in [1.165, 1.54) is 0 Å². The highest BCUT2D eigenvalue weighted by Crippen LogP contribution is 2.59. The molecule has 1 N–H and O–H groups in total. The van der Waals surface area contributed by atoms with Crippen LogP contribution in [0.3, 0.4) is 0 Å². The number of ether oxygens (including phenoxy) is 2. The molecule has 4 saturated carbocycles. The molecule has 2 bridgehead atoms. The second-order valence-corrected chi connectivity index (χ2v) is 11.7. The maximum Gasteiger partial charge on any atom is 0.522 e. The smallest absolute Gasteiger partial charge is 0.482 e. The standard InChI is InChI=1S/C26H28ClF3N2O5/c27-15-1-2-20-17(11-15)18(33)12-21(35-20)19(34)13-24-3-6-25(7-4-24,8-5-24)23-32-31-22(36-23)14-9-16(10-14)37-26(28,29)30/h1-2,11,14,16,18,21,33H,3-10,12-13H2/t14?,16?,18-,21-,24?,25?/m0/s1. The summed E-state index contributed by atoms with van der Waals surface area (Å²) in [6, 6.07) is 5.05. The number of hydrogen-bond acceptors (Lipinski definition) is 7. The van der Waals surface area contributed by atoms with Gasteiger partial charge in [0, 0.05) is 34.8 Å². The fourth-order valence-corrected chi connectivity index (χ4v) is 6.79. The molecule has 0 unspecified atom stereocenters. The topological polar surface area (TPSA) is 94.7 Å². The Kier molecular flexibility index (Phi) is 6.08. The lowest BCUT2D eigenvalue weighted by Crippen LogP contribution is -2.46. The van der Waals surface area contributed by atoms with Gasteiger partial charge in [0.05, 0.1) is 12.2 Å². The molecular weight excluding hydrogens is 513 g/mol. The highest BCUT2D eigenvalue weighted by Gasteiger charge is 2.53. The van der Waals surface area contributed by atoms with Crippen molar-refractivity contribution in [3.05, 3.63) is 40.6 Å². The fourth-order valence-electron chi connectivity index (χ4n) is 6.61. The van der Waals surface area contributed by atoms with Gasteiger partial charge in [-0.3, -0.25) is 9.53 Å². The average molecular weight is 541 g/mol. The lowest BCUT2D eigenvalue weighted by molar-refractivity contribution is -0.352. The Balaban J connectivity index is 1.06. The van der Waals surface area contributed by atoms with Crippen molar-refractivity contribution >= 4 is 17.4 Å². The van der Waals surface area contributed by atoms with E-state index in [0.29, 0.717) is 34.5 Å². The first kappa shape index (κ1) is 25.1. The number of carbonyl (C=O) groups is 1. The van der Waals surface area contributed by atoms with Gasteiger partial charge in [-0.05, 0) is 75.0 Å². The number of ketones is 1. The lowest BCUT2D eigenvalue weighted by atomic mass is 9.52. The zero-order valence-electron chi connectivity index (χ0n) is 20.1. The molecule has 1 aromatic heterocycles. The van der Waals surface area contributed by atoms with Crippen LogP contribution in [0, 0.1) is 5.41 Å². The molecule has 1 aliphatic heterocycles. The number of carbonyl (C=O) groups excluding carboxylic acids is 1. The Morgan fingerprint density at radius 3 is 2.49 bits per heavy atom. The maximum atomic E-state index is 13.3. The van der Waals surface area contributed by atoms with Gasteiger partial charge in [0.1, 0.15) is 5.75 Å². The Bertz CT molecular complexity index is 1170. The van der Waals surface area contributed by atoms with Gasteiger partial charge in [-0.25, -0.2) is 0 Å². The molecule has 0 saturated heterocycles. The molecule has 0 radical (unpaired) electrons. The third kappa shape index (κ3) is 4.76. The van der Waals surface area contributed by atoms with Gasteiger partial charge >= 0.3 is 6.36 Å². The molecule has 2 aromatic rings. The maximum absolute atomic E-state index is 13.3. The van der Waals surface area contributed by atoms with Crippen molar-refractivity contribution in [2.45, 2.75) is 100 Å². The number of Topliss-reactive ketones (excluding diaryl/α,β-unsaturated/α-hetero) is 1. The number of fused-ring (bicyclic) bond motifs is 4. The minimum absolute atomic E-state index is 0.00902. The van der Waals surface area contributed by atoms with Crippen molar-refractivity contribution in [3.63, 3.8) is 0 Å². The number of aliphatic hydroxyl groups excluding tert-OH is 1. The van der Waals surface area contributed by atoms with Crippen molar-refractivity contribution in [2.24, 2.45) is 5.41 Å². The van der Waals surface area contributed by atoms with Gasteiger partial charge in [0.15, 0.2) is 11.9 Å². The fraction of sp³-hybridized carbons (Fsp3) is 0.654. The highest BCUT2D eigenvalue weighted by atomic mass is 35.5. The van der Waals surface area contributed by atoms with Crippen LogP contribution in [0.5, 0.6) is 5.75 Å². The number of aromatic nitrogens is 2. The second kappa shape index (κ2) is 8.95. The minimum Gasteiger partial charge on any atom is -0.482 e. The van der Waals surface area contributed by atoms with Gasteiger partial charge < -0.3 is 14.3 Å². The Labute approximate surface area is 216 Å². The van der Waals surface area contributed by atoms with E-state index in [1.54, 1.807) is 18.2 Å². The van der Waals surface area contributed by atoms with Gasteiger partial charge in [0.2, 0.25) is 11.8 Å². The molecule has 0 spiro atoms. The van der Waals surface area contributed by atoms with Crippen molar-refractivity contribution in [1.82, 2.24) is 10.2 Å². The molecule has 5 aliphatic rings. The summed E-state index contributed by atoms with van der Waals surface area (Å²) < 4.78 is 53.2. The van der Waals surface area contributed by atoms with Crippen LogP contribution in [0.25, 0.3) is 0 Å². The van der Waals surface area contributed by atoms with Crippen LogP contribution in [-0.4, -0.2) is 39.7 Å². The predicted molar refractivity (Wildman–Crippen MR) is 124 cm³/mol. The number of benzene rings is 1. The molecule has 7 nitrogen and oxygen atoms in total. The van der Waals surface area contributed by atoms with E-state index in [9.17, 15) is 23.1 Å². The third-order valence-corrected chi connectivity index (χ3v) is 9.22. The van der Waals surface area contributed by atoms with Crippen molar-refractivity contribution in [3.8, 4) is 5.75 Å². The van der Waals surface area contributed by atoms with Crippen LogP contribution in [0.4, 0.5) is 13.2 Å². The molecule has 1 aromatic carbocycles. The van der Waals surface area contributed by atoms with E-state index in [-0.39, 0.29) is 41.8 Å². The molecule has 11 heteroatoms. The van der Waals surface area contributed by atoms with Crippen molar-refractivity contribution in [1.29, 1.82) is 0 Å². The molecule has 200 valence electrons. The number of halogens is 4. The average Bonchev–Trinajstić information content (AvgIpc) is 3.32. The van der Waals surface area contributed by atoms with Gasteiger partial charge in [-0.2, -0.15) is 0 Å². The summed E-state index contributed by atoms with van der Waals surface area (Å²) >= 11 is 6.03. The van der Waals surface area contributed by atoms with Crippen LogP contribution in [0.15, 0.2) is 22.6 Å². The van der Waals surface area contributed by atoms with Crippen LogP contribution < -0.4 is 4.74 Å². The summed E-state index contributed by atoms with van der Waals surface area (Å²) in [4.78, 5) is 13.3. The van der Waals surface area contributed by atoms with E-state index in [0.717, 1.165) is 38.5 Å². The molecule has 4 aliphatic carbocycles. The van der Waals surface area contributed by atoms with E-state index in [2.05, 4.69) is 14.9 Å². The van der Waals surface area contributed by atoms with Crippen molar-refractivity contribution in [2.75, 3.05) is 0 Å². The van der Waals surface area contributed by atoms with Gasteiger partial charge in [-0.1, -0.05) is 11.6 Å². The summed E-state index contributed by atoms with van der Waals surface area (Å²) in [5.41, 5.74) is 0.267. The molecule has 2 atom stereocenters. The zero-order chi connectivity index (χ0) is 26.0. The third-order valence-electron chi connectivity index (χ3n) is 8.99. The summed E-state index contributed by atoms with van der Waals surface area (Å²) in [7, 11) is 0. The van der Waals surface area contributed by atoms with Crippen LogP contribution in [0.1, 0.15) is 93.6 Å². The first-order valence-corrected chi connectivity index (χ1v) is 13.2. The number of aliphatic hydroxyl groups is 1. The summed E-state index contributed by atoms with van der Waals surface area (Å²) in [6.07, 6.45) is -0.900. The monoisotopic (exact) mass is 540 g/mol. The summed E-state index contributed by atoms with van der Waals surface area (Å²) in [6.45, 7) is 0. The van der Waals surface area contributed by atoms with Crippen LogP contribution in [0.2, 0.25) is 5.02 Å². The number of hydrogen-bond donors (Lipinski definition) is 1. The molecule has 0 amide bonds. The molecule has 7 rings (SSSR count). The van der Waals surface area contributed by atoms with E-state index in [1.807, 2.05) is 0 Å². The van der Waals surface area contributed by atoms with E-state index >= 15 is 0 Å². The summed E-state index contributed by atoms with van der Waals surface area (Å²) in [5.74, 6) is 1.26. The first-order valence-electron chi connectivity index (χ1n) is 12.8. The molecular formula is C26H28ClF3N2O5. The highest BCUT2D eigenvalue weighted by molar-refractivity contribution is 6.30. The van der Waals surface area contributed by atoms with Gasteiger partial charge in [0.25, 0.3) is 0 Å². The Morgan fingerprint density at radius 1 is 1.11 bits per heavy atom. The Hall–Kier alpha value is -2.17. The van der Waals surface area contributed by atoms with E-state index in [4.69, 9.17) is 20.8 Å². The largest absolute Gasteiger partial charge is 0.522 e. The van der Waals surface area contributed by atoms with Crippen LogP contribution in [-0.2, 0) is 14.9 Å². The molecule has 4 fully saturated rings. The van der Waals surface area contributed by atoms with Crippen LogP contribution >= 0.6 is 11.6 Å². The number of rotatable bonds is 6. The van der Waals surface area contributed by atoms with Gasteiger partial charge in [-0.15, -0.1) is 23.4 Å². The number of nitrogens with zero attached hydrogens (tertiary/aromatic N) is 2. The normalized spacial score (nSPS) is 34.9. The van der Waals surface area contributed by atoms with E-state index < -0.39 is 24.7 Å². The molecule has 37 heavy (non-hydrogen) atoms.